The van der Waals surface area contributed by atoms with E-state index >= 15 is 0 Å². The fourth-order valence-electron chi connectivity index (χ4n) is 1.37. The SMILES string of the molecule is C=CC(C)Nc1nc2ccc(C(=O)O)cc2o1. The van der Waals surface area contributed by atoms with Gasteiger partial charge in [-0.15, -0.1) is 6.58 Å². The van der Waals surface area contributed by atoms with Crippen LogP contribution in [0.2, 0.25) is 0 Å². The lowest BCUT2D eigenvalue weighted by Crippen LogP contribution is -2.11. The zero-order valence-electron chi connectivity index (χ0n) is 9.30. The third-order valence-corrected chi connectivity index (χ3v) is 2.34. The van der Waals surface area contributed by atoms with Gasteiger partial charge in [-0.05, 0) is 25.1 Å². The average Bonchev–Trinajstić information content (AvgIpc) is 2.69. The smallest absolute Gasteiger partial charge is 0.335 e. The second kappa shape index (κ2) is 4.29. The fourth-order valence-corrected chi connectivity index (χ4v) is 1.37. The highest BCUT2D eigenvalue weighted by molar-refractivity contribution is 5.92. The Labute approximate surface area is 97.8 Å². The van der Waals surface area contributed by atoms with Crippen LogP contribution >= 0.6 is 0 Å². The molecule has 0 saturated heterocycles. The van der Waals surface area contributed by atoms with Crippen molar-refractivity contribution in [2.75, 3.05) is 5.32 Å². The highest BCUT2D eigenvalue weighted by Crippen LogP contribution is 2.20. The number of hydrogen-bond acceptors (Lipinski definition) is 4. The van der Waals surface area contributed by atoms with Gasteiger partial charge < -0.3 is 14.8 Å². The van der Waals surface area contributed by atoms with Crippen LogP contribution in [0.15, 0.2) is 35.3 Å². The molecule has 88 valence electrons. The predicted octanol–water partition coefficient (Wildman–Crippen LogP) is 2.51. The lowest BCUT2D eigenvalue weighted by Gasteiger charge is -2.04. The minimum atomic E-state index is -0.989. The molecule has 1 aromatic carbocycles. The van der Waals surface area contributed by atoms with Crippen molar-refractivity contribution < 1.29 is 14.3 Å². The third kappa shape index (κ3) is 2.28. The van der Waals surface area contributed by atoms with Gasteiger partial charge in [-0.1, -0.05) is 6.08 Å². The summed E-state index contributed by atoms with van der Waals surface area (Å²) in [5.74, 6) is -0.989. The molecule has 2 rings (SSSR count). The first-order valence-electron chi connectivity index (χ1n) is 5.13. The number of benzene rings is 1. The van der Waals surface area contributed by atoms with E-state index in [0.717, 1.165) is 0 Å². The molecule has 1 unspecified atom stereocenters. The van der Waals surface area contributed by atoms with Crippen LogP contribution in [0.5, 0.6) is 0 Å². The normalized spacial score (nSPS) is 12.3. The van der Waals surface area contributed by atoms with E-state index in [9.17, 15) is 4.79 Å². The topological polar surface area (TPSA) is 75.4 Å². The predicted molar refractivity (Wildman–Crippen MR) is 64.2 cm³/mol. The first-order chi connectivity index (χ1) is 8.10. The lowest BCUT2D eigenvalue weighted by molar-refractivity contribution is 0.0697. The number of anilines is 1. The number of fused-ring (bicyclic) bond motifs is 1. The molecule has 0 aliphatic carbocycles. The molecule has 0 saturated carbocycles. The zero-order valence-corrected chi connectivity index (χ0v) is 9.30. The third-order valence-electron chi connectivity index (χ3n) is 2.34. The van der Waals surface area contributed by atoms with Gasteiger partial charge >= 0.3 is 5.97 Å². The van der Waals surface area contributed by atoms with Gasteiger partial charge in [0.15, 0.2) is 5.58 Å². The lowest BCUT2D eigenvalue weighted by atomic mass is 10.2. The summed E-state index contributed by atoms with van der Waals surface area (Å²) in [4.78, 5) is 15.0. The van der Waals surface area contributed by atoms with Gasteiger partial charge in [-0.2, -0.15) is 4.98 Å². The molecule has 1 aromatic heterocycles. The number of carboxylic acid groups (broad SMARTS) is 1. The molecule has 1 atom stereocenters. The summed E-state index contributed by atoms with van der Waals surface area (Å²) in [6, 6.07) is 4.95. The van der Waals surface area contributed by atoms with Gasteiger partial charge in [0.25, 0.3) is 6.01 Å². The van der Waals surface area contributed by atoms with Crippen LogP contribution in [0.1, 0.15) is 17.3 Å². The van der Waals surface area contributed by atoms with Crippen molar-refractivity contribution in [3.63, 3.8) is 0 Å². The summed E-state index contributed by atoms with van der Waals surface area (Å²) in [6.45, 7) is 5.55. The van der Waals surface area contributed by atoms with Crippen LogP contribution in [-0.2, 0) is 0 Å². The number of nitrogens with zero attached hydrogens (tertiary/aromatic N) is 1. The molecular weight excluding hydrogens is 220 g/mol. The molecule has 0 bridgehead atoms. The molecule has 1 heterocycles. The molecule has 2 aromatic rings. The Bertz CT molecular complexity index is 574. The number of oxazole rings is 1. The maximum absolute atomic E-state index is 10.8. The maximum atomic E-state index is 10.8. The summed E-state index contributed by atoms with van der Waals surface area (Å²) in [7, 11) is 0. The summed E-state index contributed by atoms with van der Waals surface area (Å²) in [5.41, 5.74) is 1.24. The first-order valence-corrected chi connectivity index (χ1v) is 5.13. The molecule has 0 aliphatic rings. The Kier molecular flexibility index (Phi) is 2.82. The molecule has 17 heavy (non-hydrogen) atoms. The molecule has 0 radical (unpaired) electrons. The Morgan fingerprint density at radius 1 is 1.65 bits per heavy atom. The van der Waals surface area contributed by atoms with E-state index in [1.54, 1.807) is 12.1 Å². The Morgan fingerprint density at radius 3 is 3.06 bits per heavy atom. The quantitative estimate of drug-likeness (QED) is 0.792. The highest BCUT2D eigenvalue weighted by Gasteiger charge is 2.10. The minimum Gasteiger partial charge on any atom is -0.478 e. The van der Waals surface area contributed by atoms with E-state index in [0.29, 0.717) is 17.1 Å². The number of aromatic carboxylic acids is 1. The van der Waals surface area contributed by atoms with E-state index < -0.39 is 5.97 Å². The first kappa shape index (κ1) is 11.2. The summed E-state index contributed by atoms with van der Waals surface area (Å²) in [6.07, 6.45) is 1.72. The Hall–Kier alpha value is -2.30. The molecule has 0 spiro atoms. The molecular formula is C12H12N2O3. The second-order valence-electron chi connectivity index (χ2n) is 3.68. The number of carbonyl (C=O) groups is 1. The fraction of sp³-hybridized carbons (Fsp3) is 0.167. The van der Waals surface area contributed by atoms with Crippen LogP contribution in [-0.4, -0.2) is 22.1 Å². The van der Waals surface area contributed by atoms with Crippen LogP contribution in [0.4, 0.5) is 6.01 Å². The number of hydrogen-bond donors (Lipinski definition) is 2. The highest BCUT2D eigenvalue weighted by atomic mass is 16.4. The summed E-state index contributed by atoms with van der Waals surface area (Å²) < 4.78 is 5.40. The van der Waals surface area contributed by atoms with Crippen LogP contribution in [0.3, 0.4) is 0 Å². The monoisotopic (exact) mass is 232 g/mol. The van der Waals surface area contributed by atoms with Crippen molar-refractivity contribution in [1.82, 2.24) is 4.98 Å². The van der Waals surface area contributed by atoms with Gasteiger partial charge in [0.1, 0.15) is 5.52 Å². The van der Waals surface area contributed by atoms with E-state index in [1.807, 2.05) is 6.92 Å². The van der Waals surface area contributed by atoms with Crippen molar-refractivity contribution in [3.8, 4) is 0 Å². The summed E-state index contributed by atoms with van der Waals surface area (Å²) >= 11 is 0. The molecule has 5 heteroatoms. The van der Waals surface area contributed by atoms with Crippen LogP contribution in [0, 0.1) is 0 Å². The minimum absolute atomic E-state index is 0.0296. The maximum Gasteiger partial charge on any atom is 0.335 e. The number of carboxylic acids is 1. The van der Waals surface area contributed by atoms with Crippen molar-refractivity contribution in [3.05, 3.63) is 36.4 Å². The molecule has 0 aliphatic heterocycles. The number of nitrogens with one attached hydrogen (secondary N) is 1. The van der Waals surface area contributed by atoms with Crippen molar-refractivity contribution >= 4 is 23.1 Å². The zero-order chi connectivity index (χ0) is 12.4. The van der Waals surface area contributed by atoms with Crippen molar-refractivity contribution in [2.24, 2.45) is 0 Å². The standard InChI is InChI=1S/C12H12N2O3/c1-3-7(2)13-12-14-9-5-4-8(11(15)16)6-10(9)17-12/h3-7H,1H2,2H3,(H,13,14)(H,15,16). The Balaban J connectivity index is 2.36. The van der Waals surface area contributed by atoms with E-state index in [-0.39, 0.29) is 11.6 Å². The van der Waals surface area contributed by atoms with Gasteiger partial charge in [0.05, 0.1) is 5.56 Å². The summed E-state index contributed by atoms with van der Waals surface area (Å²) in [5, 5.41) is 11.8. The second-order valence-corrected chi connectivity index (χ2v) is 3.68. The molecule has 5 nitrogen and oxygen atoms in total. The van der Waals surface area contributed by atoms with Gasteiger partial charge in [-0.3, -0.25) is 0 Å². The molecule has 0 fully saturated rings. The van der Waals surface area contributed by atoms with E-state index in [4.69, 9.17) is 9.52 Å². The average molecular weight is 232 g/mol. The van der Waals surface area contributed by atoms with E-state index in [1.165, 1.54) is 12.1 Å². The van der Waals surface area contributed by atoms with Gasteiger partial charge in [0.2, 0.25) is 0 Å². The van der Waals surface area contributed by atoms with Crippen molar-refractivity contribution in [2.45, 2.75) is 13.0 Å². The number of aromatic nitrogens is 1. The van der Waals surface area contributed by atoms with Gasteiger partial charge in [0, 0.05) is 6.04 Å². The van der Waals surface area contributed by atoms with Crippen molar-refractivity contribution in [1.29, 1.82) is 0 Å². The Morgan fingerprint density at radius 2 is 2.41 bits per heavy atom. The van der Waals surface area contributed by atoms with Gasteiger partial charge in [-0.25, -0.2) is 4.79 Å². The largest absolute Gasteiger partial charge is 0.478 e. The van der Waals surface area contributed by atoms with Crippen LogP contribution < -0.4 is 5.32 Å². The van der Waals surface area contributed by atoms with E-state index in [2.05, 4.69) is 16.9 Å². The molecule has 0 amide bonds. The molecule has 2 N–H and O–H groups in total. The number of rotatable bonds is 4. The van der Waals surface area contributed by atoms with Crippen LogP contribution in [0.25, 0.3) is 11.1 Å².